The molecule has 0 aromatic carbocycles. The molecule has 0 aliphatic heterocycles. The quantitative estimate of drug-likeness (QED) is 0.430. The molecule has 64 valence electrons. The number of nitrogens with one attached hydrogen (secondary N) is 1. The maximum Gasteiger partial charge on any atom is 0.211 e. The largest absolute Gasteiger partial charge is 0.380 e. The first-order valence-corrected chi connectivity index (χ1v) is 3.47. The summed E-state index contributed by atoms with van der Waals surface area (Å²) in [6.07, 6.45) is 1.19. The average molecular weight is 167 g/mol. The van der Waals surface area contributed by atoms with Crippen molar-refractivity contribution in [2.45, 2.75) is 12.5 Å². The van der Waals surface area contributed by atoms with Gasteiger partial charge in [0.1, 0.15) is 6.10 Å². The summed E-state index contributed by atoms with van der Waals surface area (Å²) >= 11 is 0. The van der Waals surface area contributed by atoms with Crippen LogP contribution in [0, 0.1) is 0 Å². The topological polar surface area (TPSA) is 66.4 Å². The molecule has 4 nitrogen and oxygen atoms in total. The molecule has 12 heavy (non-hydrogen) atoms. The van der Waals surface area contributed by atoms with E-state index in [9.17, 15) is 14.7 Å². The fourth-order valence-corrected chi connectivity index (χ4v) is 0.972. The maximum absolute atomic E-state index is 11.1. The Morgan fingerprint density at radius 2 is 2.42 bits per heavy atom. The van der Waals surface area contributed by atoms with Crippen LogP contribution in [0.4, 0.5) is 0 Å². The van der Waals surface area contributed by atoms with Gasteiger partial charge in [-0.25, -0.2) is 0 Å². The lowest BCUT2D eigenvalue weighted by Crippen LogP contribution is -2.33. The Morgan fingerprint density at radius 3 is 3.00 bits per heavy atom. The zero-order chi connectivity index (χ0) is 9.14. The number of Topliss-reactive ketones (excluding diaryl/α,β-unsaturated/α-hetero) is 1. The minimum atomic E-state index is -1.17. The molecule has 2 N–H and O–H groups in total. The third kappa shape index (κ3) is 1.43. The van der Waals surface area contributed by atoms with Crippen molar-refractivity contribution in [3.05, 3.63) is 23.9 Å². The molecule has 0 saturated heterocycles. The number of hydrogen-bond donors (Lipinski definition) is 2. The SMILES string of the molecule is C=C1CC=C(NC=O)C(=O)C1O. The second-order valence-electron chi connectivity index (χ2n) is 2.51. The fourth-order valence-electron chi connectivity index (χ4n) is 0.972. The average Bonchev–Trinajstić information content (AvgIpc) is 2.07. The summed E-state index contributed by atoms with van der Waals surface area (Å²) in [7, 11) is 0. The van der Waals surface area contributed by atoms with Crippen LogP contribution in [0.3, 0.4) is 0 Å². The summed E-state index contributed by atoms with van der Waals surface area (Å²) in [5.74, 6) is -0.502. The van der Waals surface area contributed by atoms with Crippen molar-refractivity contribution in [2.75, 3.05) is 0 Å². The Labute approximate surface area is 69.6 Å². The van der Waals surface area contributed by atoms with E-state index >= 15 is 0 Å². The van der Waals surface area contributed by atoms with Crippen LogP contribution in [0.5, 0.6) is 0 Å². The van der Waals surface area contributed by atoms with Gasteiger partial charge in [0.25, 0.3) is 0 Å². The van der Waals surface area contributed by atoms with E-state index in [2.05, 4.69) is 11.9 Å². The van der Waals surface area contributed by atoms with Crippen molar-refractivity contribution in [2.24, 2.45) is 0 Å². The number of carbonyl (C=O) groups is 2. The van der Waals surface area contributed by atoms with Crippen molar-refractivity contribution in [3.8, 4) is 0 Å². The summed E-state index contributed by atoms with van der Waals surface area (Å²) in [4.78, 5) is 21.1. The molecule has 0 saturated carbocycles. The molecule has 1 atom stereocenters. The van der Waals surface area contributed by atoms with Gasteiger partial charge in [-0.05, 0) is 12.0 Å². The summed E-state index contributed by atoms with van der Waals surface area (Å²) in [5, 5.41) is 11.4. The van der Waals surface area contributed by atoms with Crippen LogP contribution in [-0.4, -0.2) is 23.4 Å². The van der Waals surface area contributed by atoms with Crippen molar-refractivity contribution in [1.82, 2.24) is 5.32 Å². The fraction of sp³-hybridized carbons (Fsp3) is 0.250. The monoisotopic (exact) mass is 167 g/mol. The van der Waals surface area contributed by atoms with Gasteiger partial charge in [0, 0.05) is 0 Å². The van der Waals surface area contributed by atoms with E-state index in [-0.39, 0.29) is 5.70 Å². The lowest BCUT2D eigenvalue weighted by molar-refractivity contribution is -0.123. The van der Waals surface area contributed by atoms with E-state index < -0.39 is 11.9 Å². The number of aliphatic hydroxyl groups excluding tert-OH is 1. The standard InChI is InChI=1S/C8H9NO3/c1-5-2-3-6(9-4-10)8(12)7(5)11/h3-4,7,11H,1-2H2,(H,9,10). The highest BCUT2D eigenvalue weighted by Crippen LogP contribution is 2.16. The molecule has 0 spiro atoms. The predicted molar refractivity (Wildman–Crippen MR) is 42.1 cm³/mol. The van der Waals surface area contributed by atoms with Crippen molar-refractivity contribution >= 4 is 12.2 Å². The van der Waals surface area contributed by atoms with Gasteiger partial charge in [-0.15, -0.1) is 0 Å². The van der Waals surface area contributed by atoms with Crippen molar-refractivity contribution in [3.63, 3.8) is 0 Å². The second kappa shape index (κ2) is 3.32. The molecule has 0 heterocycles. The normalized spacial score (nSPS) is 23.4. The zero-order valence-electron chi connectivity index (χ0n) is 6.41. The van der Waals surface area contributed by atoms with E-state index in [1.165, 1.54) is 6.08 Å². The molecular weight excluding hydrogens is 158 g/mol. The molecule has 1 aliphatic rings. The maximum atomic E-state index is 11.1. The second-order valence-corrected chi connectivity index (χ2v) is 2.51. The number of ketones is 1. The highest BCUT2D eigenvalue weighted by molar-refractivity contribution is 6.02. The summed E-state index contributed by atoms with van der Waals surface area (Å²) in [5.41, 5.74) is 0.598. The smallest absolute Gasteiger partial charge is 0.211 e. The molecule has 1 amide bonds. The van der Waals surface area contributed by atoms with Gasteiger partial charge in [0.05, 0.1) is 5.70 Å². The van der Waals surface area contributed by atoms with Crippen molar-refractivity contribution < 1.29 is 14.7 Å². The molecule has 0 aromatic rings. The van der Waals surface area contributed by atoms with Gasteiger partial charge in [0.15, 0.2) is 0 Å². The third-order valence-corrected chi connectivity index (χ3v) is 1.68. The van der Waals surface area contributed by atoms with Crippen LogP contribution in [-0.2, 0) is 9.59 Å². The Kier molecular flexibility index (Phi) is 2.40. The van der Waals surface area contributed by atoms with E-state index in [0.29, 0.717) is 18.4 Å². The minimum absolute atomic E-state index is 0.143. The zero-order valence-corrected chi connectivity index (χ0v) is 6.41. The molecule has 0 aromatic heterocycles. The molecule has 4 heteroatoms. The highest BCUT2D eigenvalue weighted by Gasteiger charge is 2.25. The van der Waals surface area contributed by atoms with E-state index in [1.54, 1.807) is 0 Å². The number of hydrogen-bond acceptors (Lipinski definition) is 3. The predicted octanol–water partition coefficient (Wildman–Crippen LogP) is -0.494. The number of allylic oxidation sites excluding steroid dienone is 1. The molecule has 0 bridgehead atoms. The Morgan fingerprint density at radius 1 is 1.75 bits per heavy atom. The number of aliphatic hydroxyl groups is 1. The summed E-state index contributed by atoms with van der Waals surface area (Å²) in [6.45, 7) is 3.51. The first kappa shape index (κ1) is 8.67. The molecule has 0 fully saturated rings. The Balaban J connectivity index is 2.84. The Bertz CT molecular complexity index is 267. The molecule has 0 radical (unpaired) electrons. The Hall–Kier alpha value is -1.42. The highest BCUT2D eigenvalue weighted by atomic mass is 16.3. The van der Waals surface area contributed by atoms with Gasteiger partial charge >= 0.3 is 0 Å². The van der Waals surface area contributed by atoms with E-state index in [4.69, 9.17) is 0 Å². The number of amides is 1. The first-order valence-electron chi connectivity index (χ1n) is 3.47. The summed E-state index contributed by atoms with van der Waals surface area (Å²) < 4.78 is 0. The van der Waals surface area contributed by atoms with Crippen LogP contribution in [0.2, 0.25) is 0 Å². The molecule has 1 aliphatic carbocycles. The summed E-state index contributed by atoms with van der Waals surface area (Å²) in [6, 6.07) is 0. The molecule has 1 unspecified atom stereocenters. The van der Waals surface area contributed by atoms with Crippen LogP contribution in [0.1, 0.15) is 6.42 Å². The van der Waals surface area contributed by atoms with Gasteiger partial charge in [-0.3, -0.25) is 9.59 Å². The van der Waals surface area contributed by atoms with Crippen LogP contribution >= 0.6 is 0 Å². The molecular formula is C8H9NO3. The minimum Gasteiger partial charge on any atom is -0.380 e. The number of carbonyl (C=O) groups excluding carboxylic acids is 2. The van der Waals surface area contributed by atoms with Gasteiger partial charge in [0.2, 0.25) is 12.2 Å². The number of rotatable bonds is 2. The molecule has 1 rings (SSSR count). The van der Waals surface area contributed by atoms with E-state index in [1.807, 2.05) is 0 Å². The van der Waals surface area contributed by atoms with E-state index in [0.717, 1.165) is 0 Å². The van der Waals surface area contributed by atoms with Crippen LogP contribution < -0.4 is 5.32 Å². The lowest BCUT2D eigenvalue weighted by Gasteiger charge is -2.18. The van der Waals surface area contributed by atoms with Crippen LogP contribution in [0.15, 0.2) is 23.9 Å². The van der Waals surface area contributed by atoms with Crippen LogP contribution in [0.25, 0.3) is 0 Å². The lowest BCUT2D eigenvalue weighted by atomic mass is 9.96. The first-order chi connectivity index (χ1) is 5.66. The van der Waals surface area contributed by atoms with Gasteiger partial charge in [-0.2, -0.15) is 0 Å². The van der Waals surface area contributed by atoms with Gasteiger partial charge < -0.3 is 10.4 Å². The van der Waals surface area contributed by atoms with Crippen molar-refractivity contribution in [1.29, 1.82) is 0 Å². The third-order valence-electron chi connectivity index (χ3n) is 1.68. The van der Waals surface area contributed by atoms with Gasteiger partial charge in [-0.1, -0.05) is 12.7 Å².